The Labute approximate surface area is 209 Å². The first kappa shape index (κ1) is 25.8. The fourth-order valence-corrected chi connectivity index (χ4v) is 5.00. The molecule has 3 unspecified atom stereocenters. The molecule has 4 N–H and O–H groups in total. The van der Waals surface area contributed by atoms with Gasteiger partial charge in [0.2, 0.25) is 5.95 Å². The van der Waals surface area contributed by atoms with Gasteiger partial charge in [-0.3, -0.25) is 0 Å². The summed E-state index contributed by atoms with van der Waals surface area (Å²) >= 11 is 6.15. The largest absolute Gasteiger partial charge is 0.390 e. The second-order valence-electron chi connectivity index (χ2n) is 10.1. The van der Waals surface area contributed by atoms with Crippen molar-refractivity contribution in [3.8, 4) is 11.3 Å². The number of nitrogen functional groups attached to an aromatic ring is 1. The topological polar surface area (TPSA) is 119 Å². The van der Waals surface area contributed by atoms with Crippen LogP contribution < -0.4 is 5.73 Å². The quantitative estimate of drug-likeness (QED) is 0.469. The van der Waals surface area contributed by atoms with Gasteiger partial charge in [-0.25, -0.2) is 19.3 Å². The summed E-state index contributed by atoms with van der Waals surface area (Å²) in [7, 11) is 0. The molecule has 0 amide bonds. The van der Waals surface area contributed by atoms with E-state index in [2.05, 4.69) is 15.0 Å². The third-order valence-electron chi connectivity index (χ3n) is 6.44. The molecule has 0 spiro atoms. The Hall–Kier alpha value is -2.33. The molecule has 2 aliphatic rings. The van der Waals surface area contributed by atoms with Gasteiger partial charge in [-0.1, -0.05) is 11.6 Å². The zero-order valence-electron chi connectivity index (χ0n) is 20.5. The number of hydrogen-bond acceptors (Lipinski definition) is 7. The SMILES string of the molecule is CC(C)n1c(C(C)(C)O)nc2c(F)cc(-c3nc(N)ncc3Cl)cc21.OC1CCC2CCCC1O2. The van der Waals surface area contributed by atoms with E-state index in [1.54, 1.807) is 24.5 Å². The minimum absolute atomic E-state index is 0.0352. The summed E-state index contributed by atoms with van der Waals surface area (Å²) in [5, 5.41) is 20.1. The molecule has 2 bridgehead atoms. The monoisotopic (exact) mass is 505 g/mol. The second kappa shape index (κ2) is 9.97. The number of benzene rings is 1. The average molecular weight is 506 g/mol. The molecule has 0 aliphatic carbocycles. The molecule has 4 heterocycles. The number of hydrogen-bond donors (Lipinski definition) is 3. The summed E-state index contributed by atoms with van der Waals surface area (Å²) in [6.45, 7) is 7.12. The van der Waals surface area contributed by atoms with Crippen LogP contribution in [0.1, 0.15) is 71.7 Å². The Kier molecular flexibility index (Phi) is 7.33. The lowest BCUT2D eigenvalue weighted by atomic mass is 9.90. The molecule has 5 rings (SSSR count). The van der Waals surface area contributed by atoms with E-state index in [9.17, 15) is 14.6 Å². The van der Waals surface area contributed by atoms with Crippen molar-refractivity contribution in [3.63, 3.8) is 0 Å². The molecule has 2 aliphatic heterocycles. The van der Waals surface area contributed by atoms with Crippen molar-refractivity contribution < 1.29 is 19.3 Å². The number of anilines is 1. The smallest absolute Gasteiger partial charge is 0.220 e. The molecular weight excluding hydrogens is 473 g/mol. The van der Waals surface area contributed by atoms with Gasteiger partial charge in [0.05, 0.1) is 40.7 Å². The molecule has 35 heavy (non-hydrogen) atoms. The van der Waals surface area contributed by atoms with Gasteiger partial charge < -0.3 is 25.3 Å². The van der Waals surface area contributed by atoms with Crippen molar-refractivity contribution in [3.05, 3.63) is 35.0 Å². The van der Waals surface area contributed by atoms with Crippen LogP contribution in [0.3, 0.4) is 0 Å². The first-order valence-electron chi connectivity index (χ1n) is 12.0. The molecule has 2 fully saturated rings. The van der Waals surface area contributed by atoms with E-state index >= 15 is 0 Å². The zero-order valence-corrected chi connectivity index (χ0v) is 21.3. The maximum absolute atomic E-state index is 14.7. The molecule has 2 saturated heterocycles. The van der Waals surface area contributed by atoms with Crippen LogP contribution in [-0.4, -0.2) is 48.0 Å². The van der Waals surface area contributed by atoms with Gasteiger partial charge in [-0.2, -0.15) is 0 Å². The van der Waals surface area contributed by atoms with Crippen LogP contribution in [0.5, 0.6) is 0 Å². The summed E-state index contributed by atoms with van der Waals surface area (Å²) in [6, 6.07) is 3.02. The van der Waals surface area contributed by atoms with Crippen LogP contribution >= 0.6 is 11.6 Å². The fourth-order valence-electron chi connectivity index (χ4n) is 4.79. The van der Waals surface area contributed by atoms with E-state index in [-0.39, 0.29) is 34.7 Å². The van der Waals surface area contributed by atoms with E-state index in [1.807, 2.05) is 13.8 Å². The molecule has 8 nitrogen and oxygen atoms in total. The number of aromatic nitrogens is 4. The summed E-state index contributed by atoms with van der Waals surface area (Å²) < 4.78 is 22.1. The van der Waals surface area contributed by atoms with E-state index < -0.39 is 11.4 Å². The number of aliphatic hydroxyl groups excluding tert-OH is 1. The fraction of sp³-hybridized carbons (Fsp3) is 0.560. The molecule has 190 valence electrons. The van der Waals surface area contributed by atoms with Gasteiger partial charge in [0.25, 0.3) is 0 Å². The average Bonchev–Trinajstić information content (AvgIpc) is 3.20. The Balaban J connectivity index is 0.000000239. The Morgan fingerprint density at radius 2 is 1.94 bits per heavy atom. The zero-order chi connectivity index (χ0) is 25.5. The first-order chi connectivity index (χ1) is 16.5. The first-order valence-corrected chi connectivity index (χ1v) is 12.4. The second-order valence-corrected chi connectivity index (χ2v) is 10.5. The van der Waals surface area contributed by atoms with Gasteiger partial charge in [0.15, 0.2) is 5.82 Å². The van der Waals surface area contributed by atoms with Crippen LogP contribution in [0.4, 0.5) is 10.3 Å². The van der Waals surface area contributed by atoms with Crippen molar-refractivity contribution in [1.29, 1.82) is 0 Å². The van der Waals surface area contributed by atoms with Crippen LogP contribution in [-0.2, 0) is 10.3 Å². The maximum Gasteiger partial charge on any atom is 0.220 e. The molecular formula is C25H33ClFN5O3. The van der Waals surface area contributed by atoms with Crippen molar-refractivity contribution in [2.24, 2.45) is 0 Å². The predicted octanol–water partition coefficient (Wildman–Crippen LogP) is 4.76. The highest BCUT2D eigenvalue weighted by Crippen LogP contribution is 2.34. The third-order valence-corrected chi connectivity index (χ3v) is 6.72. The van der Waals surface area contributed by atoms with Crippen molar-refractivity contribution >= 4 is 28.6 Å². The number of halogens is 2. The van der Waals surface area contributed by atoms with Crippen molar-refractivity contribution in [1.82, 2.24) is 19.5 Å². The van der Waals surface area contributed by atoms with E-state index in [0.717, 1.165) is 19.3 Å². The van der Waals surface area contributed by atoms with Gasteiger partial charge in [-0.05, 0) is 71.9 Å². The standard InChI is InChI=1S/C17H19ClFN5O.C8H14O2/c1-8(2)24-12-6-9(13-10(18)7-21-16(20)23-13)5-11(19)14(12)22-15(24)17(3,4)25;9-7-5-4-6-2-1-3-8(7)10-6/h5-8,25H,1-4H3,(H2,20,21,23);6-9H,1-5H2. The van der Waals surface area contributed by atoms with Crippen molar-refractivity contribution in [2.45, 2.75) is 89.8 Å². The molecule has 0 saturated carbocycles. The lowest BCUT2D eigenvalue weighted by Gasteiger charge is -2.38. The molecule has 3 atom stereocenters. The van der Waals surface area contributed by atoms with E-state index in [0.29, 0.717) is 28.7 Å². The van der Waals surface area contributed by atoms with Crippen LogP contribution in [0.25, 0.3) is 22.3 Å². The van der Waals surface area contributed by atoms with Crippen molar-refractivity contribution in [2.75, 3.05) is 5.73 Å². The lowest BCUT2D eigenvalue weighted by Crippen LogP contribution is -2.41. The van der Waals surface area contributed by atoms with Crippen LogP contribution in [0, 0.1) is 5.82 Å². The number of fused-ring (bicyclic) bond motifs is 3. The van der Waals surface area contributed by atoms with Gasteiger partial charge >= 0.3 is 0 Å². The lowest BCUT2D eigenvalue weighted by molar-refractivity contribution is -0.142. The predicted molar refractivity (Wildman–Crippen MR) is 134 cm³/mol. The molecule has 10 heteroatoms. The highest BCUT2D eigenvalue weighted by molar-refractivity contribution is 6.33. The normalized spacial score (nSPS) is 22.3. The molecule has 0 radical (unpaired) electrons. The molecule has 3 aromatic rings. The van der Waals surface area contributed by atoms with Crippen LogP contribution in [0.15, 0.2) is 18.3 Å². The summed E-state index contributed by atoms with van der Waals surface area (Å²) in [5.74, 6) is -0.0815. The highest BCUT2D eigenvalue weighted by Gasteiger charge is 2.32. The number of aliphatic hydroxyl groups is 2. The Morgan fingerprint density at radius 1 is 1.20 bits per heavy atom. The number of ether oxygens (including phenoxy) is 1. The van der Waals surface area contributed by atoms with Gasteiger partial charge in [-0.15, -0.1) is 0 Å². The number of imidazole rings is 1. The Bertz CT molecular complexity index is 1210. The minimum atomic E-state index is -1.22. The van der Waals surface area contributed by atoms with E-state index in [1.165, 1.54) is 25.1 Å². The molecule has 1 aromatic carbocycles. The number of nitrogens with two attached hydrogens (primary N) is 1. The highest BCUT2D eigenvalue weighted by atomic mass is 35.5. The third kappa shape index (κ3) is 5.43. The number of rotatable bonds is 3. The van der Waals surface area contributed by atoms with Gasteiger partial charge in [0, 0.05) is 11.6 Å². The van der Waals surface area contributed by atoms with E-state index in [4.69, 9.17) is 22.1 Å². The summed E-state index contributed by atoms with van der Waals surface area (Å²) in [6.07, 6.45) is 7.40. The Morgan fingerprint density at radius 3 is 2.60 bits per heavy atom. The van der Waals surface area contributed by atoms with Crippen LogP contribution in [0.2, 0.25) is 5.02 Å². The molecule has 2 aromatic heterocycles. The maximum atomic E-state index is 14.7. The van der Waals surface area contributed by atoms with Gasteiger partial charge in [0.1, 0.15) is 16.9 Å². The summed E-state index contributed by atoms with van der Waals surface area (Å²) in [4.78, 5) is 12.3. The minimum Gasteiger partial charge on any atom is -0.390 e. The summed E-state index contributed by atoms with van der Waals surface area (Å²) in [5.41, 5.74) is 5.96. The number of nitrogens with zero attached hydrogens (tertiary/aromatic N) is 4.